The third kappa shape index (κ3) is 4.04. The van der Waals surface area contributed by atoms with Gasteiger partial charge in [-0.2, -0.15) is 0 Å². The molecular formula is C21H31N5O. The minimum atomic E-state index is 0.102. The fourth-order valence-corrected chi connectivity index (χ4v) is 4.87. The molecule has 1 spiro atoms. The van der Waals surface area contributed by atoms with E-state index in [1.54, 1.807) is 0 Å². The van der Waals surface area contributed by atoms with E-state index in [-0.39, 0.29) is 11.3 Å². The molecule has 6 heteroatoms. The van der Waals surface area contributed by atoms with E-state index in [1.807, 2.05) is 7.05 Å². The Hall–Kier alpha value is -2.24. The predicted octanol–water partition coefficient (Wildman–Crippen LogP) is 1.69. The molecule has 3 heterocycles. The molecule has 2 atom stereocenters. The number of piperidine rings is 1. The summed E-state index contributed by atoms with van der Waals surface area (Å²) in [6, 6.07) is 10.7. The second-order valence-corrected chi connectivity index (χ2v) is 8.34. The summed E-state index contributed by atoms with van der Waals surface area (Å²) in [5.74, 6) is 1.83. The zero-order chi connectivity index (χ0) is 18.7. The molecule has 146 valence electrons. The highest BCUT2D eigenvalue weighted by Gasteiger charge is 2.42. The van der Waals surface area contributed by atoms with Crippen LogP contribution in [-0.2, 0) is 4.79 Å². The van der Waals surface area contributed by atoms with Crippen LogP contribution in [0.1, 0.15) is 25.7 Å². The van der Waals surface area contributed by atoms with Gasteiger partial charge < -0.3 is 20.4 Å². The third-order valence-corrected chi connectivity index (χ3v) is 6.32. The van der Waals surface area contributed by atoms with Gasteiger partial charge >= 0.3 is 0 Å². The number of carbonyl (C=O) groups excluding carboxylic acids is 1. The van der Waals surface area contributed by atoms with Gasteiger partial charge in [-0.1, -0.05) is 18.2 Å². The Morgan fingerprint density at radius 1 is 1.33 bits per heavy atom. The topological polar surface area (TPSA) is 60.0 Å². The number of likely N-dealkylation sites (tertiary alicyclic amines) is 1. The predicted molar refractivity (Wildman–Crippen MR) is 109 cm³/mol. The fourth-order valence-electron chi connectivity index (χ4n) is 4.87. The number of nitrogens with one attached hydrogen (secondary N) is 2. The van der Waals surface area contributed by atoms with Crippen LogP contribution in [0.3, 0.4) is 0 Å². The van der Waals surface area contributed by atoms with Crippen molar-refractivity contribution in [2.24, 2.45) is 16.3 Å². The normalized spacial score (nSPS) is 28.7. The quantitative estimate of drug-likeness (QED) is 0.629. The third-order valence-electron chi connectivity index (χ3n) is 6.32. The zero-order valence-corrected chi connectivity index (χ0v) is 16.3. The lowest BCUT2D eigenvalue weighted by atomic mass is 9.79. The van der Waals surface area contributed by atoms with Crippen molar-refractivity contribution in [3.8, 4) is 0 Å². The minimum Gasteiger partial charge on any atom is -0.371 e. The van der Waals surface area contributed by atoms with Crippen molar-refractivity contribution in [2.45, 2.75) is 25.7 Å². The molecule has 3 aliphatic heterocycles. The first-order valence-electron chi connectivity index (χ1n) is 10.2. The van der Waals surface area contributed by atoms with E-state index in [1.165, 1.54) is 12.1 Å². The van der Waals surface area contributed by atoms with Crippen LogP contribution in [0.25, 0.3) is 0 Å². The van der Waals surface area contributed by atoms with Gasteiger partial charge in [-0.25, -0.2) is 0 Å². The summed E-state index contributed by atoms with van der Waals surface area (Å²) in [7, 11) is 1.87. The maximum absolute atomic E-state index is 11.7. The monoisotopic (exact) mass is 369 g/mol. The molecule has 0 radical (unpaired) electrons. The van der Waals surface area contributed by atoms with Crippen molar-refractivity contribution >= 4 is 17.6 Å². The van der Waals surface area contributed by atoms with Crippen LogP contribution in [0, 0.1) is 11.3 Å². The smallest absolute Gasteiger partial charge is 0.220 e. The van der Waals surface area contributed by atoms with Gasteiger partial charge in [0.05, 0.1) is 0 Å². The average Bonchev–Trinajstić information content (AvgIpc) is 3.30. The standard InChI is InChI=1S/C21H31N5O/c1-22-20(26-10-5-9-21(16-26)12-19(27)24-15-21)23-13-17-8-11-25(14-17)18-6-3-2-4-7-18/h2-4,6-7,17H,5,8-16H2,1H3,(H,22,23)(H,24,27). The van der Waals surface area contributed by atoms with E-state index in [0.717, 1.165) is 58.1 Å². The van der Waals surface area contributed by atoms with Crippen LogP contribution in [0.4, 0.5) is 5.69 Å². The van der Waals surface area contributed by atoms with E-state index < -0.39 is 0 Å². The van der Waals surface area contributed by atoms with E-state index in [2.05, 4.69) is 55.8 Å². The molecule has 1 aromatic carbocycles. The van der Waals surface area contributed by atoms with E-state index in [4.69, 9.17) is 0 Å². The molecule has 4 rings (SSSR count). The van der Waals surface area contributed by atoms with Crippen molar-refractivity contribution in [1.82, 2.24) is 15.5 Å². The Morgan fingerprint density at radius 3 is 2.93 bits per heavy atom. The summed E-state index contributed by atoms with van der Waals surface area (Å²) in [5.41, 5.74) is 1.42. The highest BCUT2D eigenvalue weighted by Crippen LogP contribution is 2.36. The van der Waals surface area contributed by atoms with Gasteiger partial charge in [-0.05, 0) is 37.3 Å². The summed E-state index contributed by atoms with van der Waals surface area (Å²) >= 11 is 0. The number of hydrogen-bond donors (Lipinski definition) is 2. The molecule has 1 amide bonds. The first-order chi connectivity index (χ1) is 13.2. The molecule has 0 aliphatic carbocycles. The van der Waals surface area contributed by atoms with Gasteiger partial charge in [0.2, 0.25) is 5.91 Å². The molecule has 3 saturated heterocycles. The van der Waals surface area contributed by atoms with Crippen molar-refractivity contribution in [2.75, 3.05) is 51.2 Å². The zero-order valence-electron chi connectivity index (χ0n) is 16.3. The van der Waals surface area contributed by atoms with Crippen LogP contribution in [0.15, 0.2) is 35.3 Å². The van der Waals surface area contributed by atoms with Crippen LogP contribution in [-0.4, -0.2) is 63.1 Å². The van der Waals surface area contributed by atoms with E-state index in [9.17, 15) is 4.79 Å². The van der Waals surface area contributed by atoms with Gasteiger partial charge in [-0.3, -0.25) is 9.79 Å². The molecule has 0 saturated carbocycles. The molecule has 3 fully saturated rings. The van der Waals surface area contributed by atoms with Crippen LogP contribution in [0.5, 0.6) is 0 Å². The highest BCUT2D eigenvalue weighted by atomic mass is 16.1. The minimum absolute atomic E-state index is 0.102. The lowest BCUT2D eigenvalue weighted by molar-refractivity contribution is -0.119. The number of aliphatic imine (C=N–C) groups is 1. The summed E-state index contributed by atoms with van der Waals surface area (Å²) in [6.45, 7) is 5.93. The Kier molecular flexibility index (Phi) is 5.23. The van der Waals surface area contributed by atoms with Crippen molar-refractivity contribution in [3.63, 3.8) is 0 Å². The Balaban J connectivity index is 1.30. The van der Waals surface area contributed by atoms with Gasteiger partial charge in [0.15, 0.2) is 5.96 Å². The largest absolute Gasteiger partial charge is 0.371 e. The number of benzene rings is 1. The fraction of sp³-hybridized carbons (Fsp3) is 0.619. The second-order valence-electron chi connectivity index (χ2n) is 8.34. The van der Waals surface area contributed by atoms with Crippen LogP contribution < -0.4 is 15.5 Å². The number of nitrogens with zero attached hydrogens (tertiary/aromatic N) is 3. The Bertz CT molecular complexity index is 691. The molecule has 0 aromatic heterocycles. The lowest BCUT2D eigenvalue weighted by Crippen LogP contribution is -2.52. The number of hydrogen-bond acceptors (Lipinski definition) is 3. The maximum atomic E-state index is 11.7. The van der Waals surface area contributed by atoms with Gasteiger partial charge in [0, 0.05) is 63.8 Å². The summed E-state index contributed by atoms with van der Waals surface area (Å²) in [4.78, 5) is 21.1. The molecule has 3 aliphatic rings. The van der Waals surface area contributed by atoms with E-state index >= 15 is 0 Å². The van der Waals surface area contributed by atoms with Crippen molar-refractivity contribution in [1.29, 1.82) is 0 Å². The second kappa shape index (κ2) is 7.79. The summed E-state index contributed by atoms with van der Waals surface area (Å²) in [6.07, 6.45) is 4.13. The number of anilines is 1. The number of carbonyl (C=O) groups is 1. The number of rotatable bonds is 3. The number of amides is 1. The Morgan fingerprint density at radius 2 is 2.19 bits per heavy atom. The molecule has 1 aromatic rings. The Labute approximate surface area is 162 Å². The maximum Gasteiger partial charge on any atom is 0.220 e. The van der Waals surface area contributed by atoms with Crippen molar-refractivity contribution in [3.05, 3.63) is 30.3 Å². The molecule has 0 bridgehead atoms. The van der Waals surface area contributed by atoms with Crippen molar-refractivity contribution < 1.29 is 4.79 Å². The van der Waals surface area contributed by atoms with Gasteiger partial charge in [0.1, 0.15) is 0 Å². The first-order valence-corrected chi connectivity index (χ1v) is 10.2. The molecule has 2 N–H and O–H groups in total. The van der Waals surface area contributed by atoms with Crippen LogP contribution in [0.2, 0.25) is 0 Å². The SMILES string of the molecule is CN=C(NCC1CCN(c2ccccc2)C1)N1CCCC2(CNC(=O)C2)C1. The summed E-state index contributed by atoms with van der Waals surface area (Å²) < 4.78 is 0. The average molecular weight is 370 g/mol. The number of guanidine groups is 1. The molecular weight excluding hydrogens is 338 g/mol. The molecule has 27 heavy (non-hydrogen) atoms. The molecule has 2 unspecified atom stereocenters. The number of para-hydroxylation sites is 1. The highest BCUT2D eigenvalue weighted by molar-refractivity contribution is 5.81. The molecule has 6 nitrogen and oxygen atoms in total. The van der Waals surface area contributed by atoms with E-state index in [0.29, 0.717) is 12.3 Å². The van der Waals surface area contributed by atoms with Gasteiger partial charge in [-0.15, -0.1) is 0 Å². The van der Waals surface area contributed by atoms with Crippen LogP contribution >= 0.6 is 0 Å². The first kappa shape index (κ1) is 18.1. The summed E-state index contributed by atoms with van der Waals surface area (Å²) in [5, 5.41) is 6.64. The van der Waals surface area contributed by atoms with Gasteiger partial charge in [0.25, 0.3) is 0 Å². The lowest BCUT2D eigenvalue weighted by Gasteiger charge is -2.41.